The largest absolute Gasteiger partial charge is 0.492 e. The summed E-state index contributed by atoms with van der Waals surface area (Å²) in [5.74, 6) is 1.74. The second kappa shape index (κ2) is 10.1. The number of hydrogen-bond donors (Lipinski definition) is 2. The van der Waals surface area contributed by atoms with Crippen molar-refractivity contribution in [2.24, 2.45) is 4.99 Å². The van der Waals surface area contributed by atoms with Crippen LogP contribution in [-0.4, -0.2) is 50.7 Å². The summed E-state index contributed by atoms with van der Waals surface area (Å²) < 4.78 is 5.87. The van der Waals surface area contributed by atoms with Gasteiger partial charge in [-0.1, -0.05) is 18.2 Å². The molecule has 0 aliphatic carbocycles. The molecule has 5 heteroatoms. The molecular formula is C17H30N4O. The Morgan fingerprint density at radius 1 is 1.27 bits per heavy atom. The lowest BCUT2D eigenvalue weighted by molar-refractivity contribution is 0.259. The van der Waals surface area contributed by atoms with Gasteiger partial charge in [0.1, 0.15) is 12.4 Å². The van der Waals surface area contributed by atoms with Crippen LogP contribution >= 0.6 is 0 Å². The van der Waals surface area contributed by atoms with Crippen LogP contribution in [0.2, 0.25) is 0 Å². The van der Waals surface area contributed by atoms with Crippen LogP contribution in [0.1, 0.15) is 26.3 Å². The van der Waals surface area contributed by atoms with Gasteiger partial charge in [-0.05, 0) is 40.9 Å². The molecule has 0 fully saturated rings. The van der Waals surface area contributed by atoms with Crippen molar-refractivity contribution in [1.82, 2.24) is 15.5 Å². The first kappa shape index (κ1) is 18.3. The lowest BCUT2D eigenvalue weighted by atomic mass is 10.2. The van der Waals surface area contributed by atoms with Gasteiger partial charge in [-0.2, -0.15) is 0 Å². The molecule has 0 spiro atoms. The zero-order chi connectivity index (χ0) is 16.4. The fourth-order valence-corrected chi connectivity index (χ4v) is 1.87. The van der Waals surface area contributed by atoms with E-state index in [9.17, 15) is 0 Å². The molecule has 0 aliphatic rings. The van der Waals surface area contributed by atoms with Crippen LogP contribution in [-0.2, 0) is 6.54 Å². The first-order valence-corrected chi connectivity index (χ1v) is 7.93. The Morgan fingerprint density at radius 2 is 2.00 bits per heavy atom. The second-order valence-electron chi connectivity index (χ2n) is 5.75. The van der Waals surface area contributed by atoms with Crippen molar-refractivity contribution in [3.8, 4) is 5.75 Å². The lowest BCUT2D eigenvalue weighted by Crippen LogP contribution is -2.41. The van der Waals surface area contributed by atoms with Gasteiger partial charge >= 0.3 is 0 Å². The quantitative estimate of drug-likeness (QED) is 0.570. The average molecular weight is 306 g/mol. The minimum atomic E-state index is 0.351. The Morgan fingerprint density at radius 3 is 2.64 bits per heavy atom. The lowest BCUT2D eigenvalue weighted by Gasteiger charge is -2.15. The molecular weight excluding hydrogens is 276 g/mol. The summed E-state index contributed by atoms with van der Waals surface area (Å²) in [6.45, 7) is 9.29. The van der Waals surface area contributed by atoms with Gasteiger partial charge in [-0.25, -0.2) is 4.99 Å². The monoisotopic (exact) mass is 306 g/mol. The normalized spacial score (nSPS) is 11.9. The number of nitrogens with one attached hydrogen (secondary N) is 2. The van der Waals surface area contributed by atoms with Crippen molar-refractivity contribution in [3.63, 3.8) is 0 Å². The van der Waals surface area contributed by atoms with E-state index in [4.69, 9.17) is 4.74 Å². The molecule has 124 valence electrons. The SMILES string of the molecule is CCNC(=NCc1ccccc1OCCN(C)C)NC(C)C. The van der Waals surface area contributed by atoms with Crippen molar-refractivity contribution < 1.29 is 4.74 Å². The van der Waals surface area contributed by atoms with Crippen molar-refractivity contribution in [2.75, 3.05) is 33.8 Å². The van der Waals surface area contributed by atoms with Crippen LogP contribution in [0.25, 0.3) is 0 Å². The van der Waals surface area contributed by atoms with Gasteiger partial charge in [0, 0.05) is 24.7 Å². The molecule has 0 aromatic heterocycles. The van der Waals surface area contributed by atoms with Gasteiger partial charge in [0.15, 0.2) is 5.96 Å². The van der Waals surface area contributed by atoms with Crippen molar-refractivity contribution in [3.05, 3.63) is 29.8 Å². The number of ether oxygens (including phenoxy) is 1. The second-order valence-corrected chi connectivity index (χ2v) is 5.75. The highest BCUT2D eigenvalue weighted by molar-refractivity contribution is 5.80. The van der Waals surface area contributed by atoms with Crippen LogP contribution in [0.5, 0.6) is 5.75 Å². The number of guanidine groups is 1. The molecule has 0 saturated heterocycles. The van der Waals surface area contributed by atoms with Crippen molar-refractivity contribution >= 4 is 5.96 Å². The predicted molar refractivity (Wildman–Crippen MR) is 93.6 cm³/mol. The Hall–Kier alpha value is -1.75. The molecule has 0 unspecified atom stereocenters. The van der Waals surface area contributed by atoms with E-state index in [2.05, 4.69) is 47.4 Å². The zero-order valence-electron chi connectivity index (χ0n) is 14.5. The summed E-state index contributed by atoms with van der Waals surface area (Å²) in [6.07, 6.45) is 0. The van der Waals surface area contributed by atoms with E-state index in [1.54, 1.807) is 0 Å². The van der Waals surface area contributed by atoms with Gasteiger partial charge in [0.2, 0.25) is 0 Å². The number of rotatable bonds is 8. The molecule has 2 N–H and O–H groups in total. The molecule has 0 bridgehead atoms. The summed E-state index contributed by atoms with van der Waals surface area (Å²) in [7, 11) is 4.08. The van der Waals surface area contributed by atoms with Gasteiger partial charge in [-0.3, -0.25) is 0 Å². The molecule has 0 radical (unpaired) electrons. The summed E-state index contributed by atoms with van der Waals surface area (Å²) in [5, 5.41) is 6.57. The Kier molecular flexibility index (Phi) is 8.36. The first-order chi connectivity index (χ1) is 10.5. The molecule has 5 nitrogen and oxygen atoms in total. The maximum Gasteiger partial charge on any atom is 0.191 e. The maximum atomic E-state index is 5.87. The molecule has 0 amide bonds. The number of hydrogen-bond acceptors (Lipinski definition) is 3. The third kappa shape index (κ3) is 7.31. The van der Waals surface area contributed by atoms with E-state index in [1.807, 2.05) is 32.3 Å². The minimum Gasteiger partial charge on any atom is -0.492 e. The van der Waals surface area contributed by atoms with Crippen LogP contribution in [0.3, 0.4) is 0 Å². The first-order valence-electron chi connectivity index (χ1n) is 7.93. The van der Waals surface area contributed by atoms with E-state index in [0.29, 0.717) is 19.2 Å². The molecule has 0 aliphatic heterocycles. The fraction of sp³-hybridized carbons (Fsp3) is 0.588. The summed E-state index contributed by atoms with van der Waals surface area (Å²) in [4.78, 5) is 6.74. The van der Waals surface area contributed by atoms with Crippen molar-refractivity contribution in [2.45, 2.75) is 33.4 Å². The summed E-state index contributed by atoms with van der Waals surface area (Å²) >= 11 is 0. The number of aliphatic imine (C=N–C) groups is 1. The molecule has 1 aromatic carbocycles. The van der Waals surface area contributed by atoms with Crippen LogP contribution < -0.4 is 15.4 Å². The Balaban J connectivity index is 2.70. The maximum absolute atomic E-state index is 5.87. The highest BCUT2D eigenvalue weighted by atomic mass is 16.5. The summed E-state index contributed by atoms with van der Waals surface area (Å²) in [6, 6.07) is 8.43. The van der Waals surface area contributed by atoms with Gasteiger partial charge in [0.25, 0.3) is 0 Å². The van der Waals surface area contributed by atoms with E-state index in [-0.39, 0.29) is 0 Å². The van der Waals surface area contributed by atoms with Crippen LogP contribution in [0.15, 0.2) is 29.3 Å². The number of para-hydroxylation sites is 1. The van der Waals surface area contributed by atoms with E-state index in [1.165, 1.54) is 0 Å². The fourth-order valence-electron chi connectivity index (χ4n) is 1.87. The van der Waals surface area contributed by atoms with Gasteiger partial charge < -0.3 is 20.3 Å². The molecule has 1 rings (SSSR count). The topological polar surface area (TPSA) is 48.9 Å². The molecule has 0 heterocycles. The van der Waals surface area contributed by atoms with E-state index < -0.39 is 0 Å². The number of nitrogens with zero attached hydrogens (tertiary/aromatic N) is 2. The van der Waals surface area contributed by atoms with E-state index >= 15 is 0 Å². The highest BCUT2D eigenvalue weighted by Crippen LogP contribution is 2.18. The number of likely N-dealkylation sites (N-methyl/N-ethyl adjacent to an activating group) is 1. The van der Waals surface area contributed by atoms with E-state index in [0.717, 1.165) is 30.4 Å². The minimum absolute atomic E-state index is 0.351. The predicted octanol–water partition coefficient (Wildman–Crippen LogP) is 2.09. The van der Waals surface area contributed by atoms with Gasteiger partial charge in [0.05, 0.1) is 6.54 Å². The van der Waals surface area contributed by atoms with Crippen LogP contribution in [0, 0.1) is 0 Å². The number of benzene rings is 1. The zero-order valence-corrected chi connectivity index (χ0v) is 14.5. The molecule has 1 aromatic rings. The molecule has 0 atom stereocenters. The Labute approximate surface area is 134 Å². The third-order valence-corrected chi connectivity index (χ3v) is 2.95. The summed E-state index contributed by atoms with van der Waals surface area (Å²) in [5.41, 5.74) is 1.10. The molecule has 0 saturated carbocycles. The average Bonchev–Trinajstić information content (AvgIpc) is 2.45. The third-order valence-electron chi connectivity index (χ3n) is 2.95. The van der Waals surface area contributed by atoms with Crippen LogP contribution in [0.4, 0.5) is 0 Å². The van der Waals surface area contributed by atoms with Crippen molar-refractivity contribution in [1.29, 1.82) is 0 Å². The van der Waals surface area contributed by atoms with Gasteiger partial charge in [-0.15, -0.1) is 0 Å². The Bertz CT molecular complexity index is 458. The standard InChI is InChI=1S/C17H30N4O/c1-6-18-17(20-14(2)3)19-13-15-9-7-8-10-16(15)22-12-11-21(4)5/h7-10,14H,6,11-13H2,1-5H3,(H2,18,19,20). The smallest absolute Gasteiger partial charge is 0.191 e. The highest BCUT2D eigenvalue weighted by Gasteiger charge is 2.04. The molecule has 22 heavy (non-hydrogen) atoms.